The van der Waals surface area contributed by atoms with E-state index in [1.54, 1.807) is 0 Å². The fourth-order valence-electron chi connectivity index (χ4n) is 6.21. The van der Waals surface area contributed by atoms with Gasteiger partial charge in [-0.05, 0) is 72.4 Å². The number of amides is 2. The van der Waals surface area contributed by atoms with Crippen LogP contribution < -0.4 is 4.74 Å². The molecule has 3 atom stereocenters. The topological polar surface area (TPSA) is 45.1 Å². The Kier molecular flexibility index (Phi) is 4.74. The van der Waals surface area contributed by atoms with Gasteiger partial charge in [0.15, 0.2) is 0 Å². The van der Waals surface area contributed by atoms with Crippen molar-refractivity contribution in [2.75, 3.05) is 26.2 Å². The number of ether oxygens (including phenoxy) is 1. The number of fused-ring (bicyclic) bond motifs is 3. The summed E-state index contributed by atoms with van der Waals surface area (Å²) in [6, 6.07) is 13.1. The van der Waals surface area contributed by atoms with Crippen LogP contribution >= 0.6 is 0 Å². The molecule has 0 radical (unpaired) electrons. The number of carbonyl (C=O) groups is 1. The highest BCUT2D eigenvalue weighted by molar-refractivity contribution is 5.93. The SMILES string of the molecule is CC1=Nc2cc(-c3ccc4c(c3)CN(C(=O)N3C[C@H]5CC(C)C[C@H]5C3)CCO4)ccc2C1. The van der Waals surface area contributed by atoms with Crippen LogP contribution in [0.2, 0.25) is 0 Å². The maximum Gasteiger partial charge on any atom is 0.320 e. The molecule has 1 saturated carbocycles. The zero-order valence-corrected chi connectivity index (χ0v) is 19.0. The molecule has 1 unspecified atom stereocenters. The number of aliphatic imine (C=N–C) groups is 1. The Balaban J connectivity index is 1.22. The van der Waals surface area contributed by atoms with E-state index < -0.39 is 0 Å². The summed E-state index contributed by atoms with van der Waals surface area (Å²) in [5.41, 5.74) is 6.94. The lowest BCUT2D eigenvalue weighted by Crippen LogP contribution is -2.43. The fraction of sp³-hybridized carbons (Fsp3) is 0.481. The molecule has 5 heteroatoms. The van der Waals surface area contributed by atoms with Crippen LogP contribution in [-0.2, 0) is 13.0 Å². The van der Waals surface area contributed by atoms with Gasteiger partial charge in [-0.2, -0.15) is 0 Å². The third-order valence-corrected chi connectivity index (χ3v) is 7.74. The summed E-state index contributed by atoms with van der Waals surface area (Å²) >= 11 is 0. The zero-order valence-electron chi connectivity index (χ0n) is 19.0. The molecule has 2 aromatic rings. The van der Waals surface area contributed by atoms with E-state index in [9.17, 15) is 4.79 Å². The molecule has 0 N–H and O–H groups in total. The second-order valence-corrected chi connectivity index (χ2v) is 10.2. The Morgan fingerprint density at radius 3 is 2.56 bits per heavy atom. The van der Waals surface area contributed by atoms with Crippen molar-refractivity contribution in [2.24, 2.45) is 22.7 Å². The molecule has 2 fully saturated rings. The van der Waals surface area contributed by atoms with Gasteiger partial charge in [-0.3, -0.25) is 4.99 Å². The summed E-state index contributed by atoms with van der Waals surface area (Å²) in [6.45, 7) is 8.06. The normalized spacial score (nSPS) is 26.2. The van der Waals surface area contributed by atoms with Crippen molar-refractivity contribution in [1.82, 2.24) is 9.80 Å². The third-order valence-electron chi connectivity index (χ3n) is 7.74. The number of carbonyl (C=O) groups excluding carboxylic acids is 1. The number of benzene rings is 2. The van der Waals surface area contributed by atoms with Crippen LogP contribution in [0.5, 0.6) is 5.75 Å². The second-order valence-electron chi connectivity index (χ2n) is 10.2. The number of hydrogen-bond acceptors (Lipinski definition) is 3. The molecule has 6 rings (SSSR count). The first-order chi connectivity index (χ1) is 15.5. The molecule has 166 valence electrons. The van der Waals surface area contributed by atoms with Crippen LogP contribution in [0, 0.1) is 17.8 Å². The van der Waals surface area contributed by atoms with Crippen molar-refractivity contribution >= 4 is 17.4 Å². The molecule has 0 bridgehead atoms. The maximum absolute atomic E-state index is 13.4. The van der Waals surface area contributed by atoms with Gasteiger partial charge in [0, 0.05) is 30.8 Å². The van der Waals surface area contributed by atoms with E-state index in [4.69, 9.17) is 4.74 Å². The Morgan fingerprint density at radius 2 is 1.75 bits per heavy atom. The van der Waals surface area contributed by atoms with Gasteiger partial charge in [-0.25, -0.2) is 4.79 Å². The van der Waals surface area contributed by atoms with Crippen LogP contribution in [0.25, 0.3) is 11.1 Å². The Morgan fingerprint density at radius 1 is 1.00 bits per heavy atom. The standard InChI is InChI=1S/C27H31N3O2/c1-17-9-22-14-30(15-23(22)10-17)27(31)29-7-8-32-26-6-5-19(12-24(26)16-29)20-3-4-21-11-18(2)28-25(21)13-20/h3-6,12-13,17,22-23H,7-11,14-16H2,1-2H3/t17?,22-,23+. The van der Waals surface area contributed by atoms with E-state index in [-0.39, 0.29) is 6.03 Å². The van der Waals surface area contributed by atoms with Crippen molar-refractivity contribution in [3.05, 3.63) is 47.5 Å². The summed E-state index contributed by atoms with van der Waals surface area (Å²) in [5.74, 6) is 3.10. The minimum atomic E-state index is 0.177. The molecular formula is C27H31N3O2. The van der Waals surface area contributed by atoms with Gasteiger partial charge in [-0.1, -0.05) is 25.1 Å². The van der Waals surface area contributed by atoms with E-state index in [0.29, 0.717) is 31.5 Å². The van der Waals surface area contributed by atoms with Crippen molar-refractivity contribution in [2.45, 2.75) is 39.7 Å². The second kappa shape index (κ2) is 7.65. The van der Waals surface area contributed by atoms with Crippen molar-refractivity contribution in [3.63, 3.8) is 0 Å². The summed E-state index contributed by atoms with van der Waals surface area (Å²) in [7, 11) is 0. The average molecular weight is 430 g/mol. The predicted octanol–water partition coefficient (Wildman–Crippen LogP) is 5.29. The minimum Gasteiger partial charge on any atom is -0.491 e. The number of hydrogen-bond donors (Lipinski definition) is 0. The van der Waals surface area contributed by atoms with Crippen molar-refractivity contribution < 1.29 is 9.53 Å². The molecule has 3 heterocycles. The summed E-state index contributed by atoms with van der Waals surface area (Å²) < 4.78 is 6.02. The van der Waals surface area contributed by atoms with E-state index in [0.717, 1.165) is 53.6 Å². The summed E-state index contributed by atoms with van der Waals surface area (Å²) in [4.78, 5) is 22.1. The number of nitrogens with zero attached hydrogens (tertiary/aromatic N) is 3. The Hall–Kier alpha value is -2.82. The minimum absolute atomic E-state index is 0.177. The maximum atomic E-state index is 13.4. The van der Waals surface area contributed by atoms with Gasteiger partial charge in [0.05, 0.1) is 18.8 Å². The number of urea groups is 1. The first-order valence-corrected chi connectivity index (χ1v) is 12.0. The number of likely N-dealkylation sites (tertiary alicyclic amines) is 1. The van der Waals surface area contributed by atoms with Crippen LogP contribution in [0.3, 0.4) is 0 Å². The largest absolute Gasteiger partial charge is 0.491 e. The smallest absolute Gasteiger partial charge is 0.320 e. The van der Waals surface area contributed by atoms with E-state index in [2.05, 4.69) is 60.1 Å². The molecule has 1 aliphatic carbocycles. The molecule has 2 amide bonds. The molecule has 32 heavy (non-hydrogen) atoms. The van der Waals surface area contributed by atoms with Gasteiger partial charge in [0.1, 0.15) is 12.4 Å². The van der Waals surface area contributed by atoms with Gasteiger partial charge >= 0.3 is 6.03 Å². The first-order valence-electron chi connectivity index (χ1n) is 12.0. The molecule has 4 aliphatic rings. The summed E-state index contributed by atoms with van der Waals surface area (Å²) in [6.07, 6.45) is 3.49. The molecule has 1 saturated heterocycles. The van der Waals surface area contributed by atoms with E-state index in [1.165, 1.54) is 24.1 Å². The lowest BCUT2D eigenvalue weighted by atomic mass is 9.99. The molecule has 0 aromatic heterocycles. The monoisotopic (exact) mass is 429 g/mol. The van der Waals surface area contributed by atoms with Gasteiger partial charge in [0.25, 0.3) is 0 Å². The van der Waals surface area contributed by atoms with Crippen molar-refractivity contribution in [1.29, 1.82) is 0 Å². The van der Waals surface area contributed by atoms with Gasteiger partial charge in [0.2, 0.25) is 0 Å². The molecule has 2 aromatic carbocycles. The lowest BCUT2D eigenvalue weighted by Gasteiger charge is -2.27. The van der Waals surface area contributed by atoms with Crippen LogP contribution in [0.4, 0.5) is 10.5 Å². The average Bonchev–Trinajstić information content (AvgIpc) is 3.38. The highest BCUT2D eigenvalue weighted by Crippen LogP contribution is 2.41. The third kappa shape index (κ3) is 3.48. The molecule has 3 aliphatic heterocycles. The van der Waals surface area contributed by atoms with Crippen LogP contribution in [0.15, 0.2) is 41.4 Å². The molecular weight excluding hydrogens is 398 g/mol. The highest BCUT2D eigenvalue weighted by atomic mass is 16.5. The van der Waals surface area contributed by atoms with Gasteiger partial charge in [-0.15, -0.1) is 0 Å². The van der Waals surface area contributed by atoms with E-state index >= 15 is 0 Å². The number of rotatable bonds is 1. The fourth-order valence-corrected chi connectivity index (χ4v) is 6.21. The van der Waals surface area contributed by atoms with Crippen molar-refractivity contribution in [3.8, 4) is 16.9 Å². The summed E-state index contributed by atoms with van der Waals surface area (Å²) in [5, 5.41) is 0. The first kappa shape index (κ1) is 19.8. The Bertz CT molecular complexity index is 1090. The predicted molar refractivity (Wildman–Crippen MR) is 127 cm³/mol. The van der Waals surface area contributed by atoms with Crippen LogP contribution in [-0.4, -0.2) is 47.8 Å². The van der Waals surface area contributed by atoms with E-state index in [1.807, 2.05) is 4.90 Å². The van der Waals surface area contributed by atoms with Crippen LogP contribution in [0.1, 0.15) is 37.8 Å². The Labute approximate surface area is 190 Å². The van der Waals surface area contributed by atoms with Gasteiger partial charge < -0.3 is 14.5 Å². The zero-order chi connectivity index (χ0) is 21.8. The lowest BCUT2D eigenvalue weighted by molar-refractivity contribution is 0.151. The molecule has 0 spiro atoms. The molecule has 5 nitrogen and oxygen atoms in total. The highest BCUT2D eigenvalue weighted by Gasteiger charge is 2.42. The quantitative estimate of drug-likeness (QED) is 0.618.